The lowest BCUT2D eigenvalue weighted by Crippen LogP contribution is -2.54. The first-order valence-corrected chi connectivity index (χ1v) is 9.92. The third-order valence-corrected chi connectivity index (χ3v) is 6.59. The van der Waals surface area contributed by atoms with Crippen LogP contribution in [0.15, 0.2) is 0 Å². The molecule has 1 atom stereocenters. The highest BCUT2D eigenvalue weighted by Gasteiger charge is 2.31. The molecule has 2 saturated heterocycles. The summed E-state index contributed by atoms with van der Waals surface area (Å²) in [5.74, 6) is 0.712. The van der Waals surface area contributed by atoms with E-state index in [0.717, 1.165) is 5.75 Å². The zero-order valence-corrected chi connectivity index (χ0v) is 13.3. The van der Waals surface area contributed by atoms with E-state index < -0.39 is 15.8 Å². The second kappa shape index (κ2) is 6.87. The first-order valence-electron chi connectivity index (χ1n) is 6.94. The molecule has 0 saturated carbocycles. The first-order chi connectivity index (χ1) is 9.87. The van der Waals surface area contributed by atoms with Gasteiger partial charge in [-0.2, -0.15) is 11.8 Å². The summed E-state index contributed by atoms with van der Waals surface area (Å²) in [6, 6.07) is -0.708. The molecule has 2 rings (SSSR count). The van der Waals surface area contributed by atoms with Gasteiger partial charge >= 0.3 is 12.0 Å². The number of hydrogen-bond donors (Lipinski definition) is 2. The van der Waals surface area contributed by atoms with E-state index in [0.29, 0.717) is 25.1 Å². The molecule has 0 spiro atoms. The highest BCUT2D eigenvalue weighted by molar-refractivity contribution is 7.99. The maximum atomic E-state index is 12.3. The van der Waals surface area contributed by atoms with Gasteiger partial charge in [0.2, 0.25) is 0 Å². The van der Waals surface area contributed by atoms with Crippen LogP contribution in [0, 0.1) is 0 Å². The number of thioether (sulfide) groups is 1. The Bertz CT molecular complexity index is 494. The molecule has 0 bridgehead atoms. The highest BCUT2D eigenvalue weighted by Crippen LogP contribution is 2.20. The molecule has 21 heavy (non-hydrogen) atoms. The molecule has 0 aromatic carbocycles. The summed E-state index contributed by atoms with van der Waals surface area (Å²) in [5.41, 5.74) is 0. The van der Waals surface area contributed by atoms with Crippen LogP contribution in [0.1, 0.15) is 19.3 Å². The molecule has 0 aromatic rings. The quantitative estimate of drug-likeness (QED) is 0.761. The van der Waals surface area contributed by atoms with Crippen molar-refractivity contribution in [3.05, 3.63) is 0 Å². The van der Waals surface area contributed by atoms with Gasteiger partial charge in [-0.3, -0.25) is 4.79 Å². The molecule has 2 N–H and O–H groups in total. The van der Waals surface area contributed by atoms with Gasteiger partial charge in [0.25, 0.3) is 0 Å². The van der Waals surface area contributed by atoms with Crippen LogP contribution >= 0.6 is 11.8 Å². The average Bonchev–Trinajstić information content (AvgIpc) is 2.41. The van der Waals surface area contributed by atoms with Crippen LogP contribution in [0.4, 0.5) is 4.79 Å². The number of carbonyl (C=O) groups excluding carboxylic acids is 1. The van der Waals surface area contributed by atoms with Gasteiger partial charge in [-0.05, 0) is 12.8 Å². The highest BCUT2D eigenvalue weighted by atomic mass is 32.2. The monoisotopic (exact) mass is 336 g/mol. The Balaban J connectivity index is 1.90. The summed E-state index contributed by atoms with van der Waals surface area (Å²) in [7, 11) is -2.95. The minimum Gasteiger partial charge on any atom is -0.481 e. The number of carboxylic acid groups (broad SMARTS) is 1. The van der Waals surface area contributed by atoms with Crippen LogP contribution < -0.4 is 5.32 Å². The zero-order valence-electron chi connectivity index (χ0n) is 11.7. The number of hydrogen-bond acceptors (Lipinski definition) is 5. The number of nitrogens with one attached hydrogen (secondary N) is 1. The largest absolute Gasteiger partial charge is 0.481 e. The summed E-state index contributed by atoms with van der Waals surface area (Å²) in [5, 5.41) is 11.8. The fraction of sp³-hybridized carbons (Fsp3) is 0.833. The number of sulfone groups is 1. The Morgan fingerprint density at radius 3 is 2.57 bits per heavy atom. The van der Waals surface area contributed by atoms with Crippen LogP contribution in [0.25, 0.3) is 0 Å². The number of amides is 2. The Kier molecular flexibility index (Phi) is 5.37. The van der Waals surface area contributed by atoms with Crippen molar-refractivity contribution in [1.29, 1.82) is 0 Å². The summed E-state index contributed by atoms with van der Waals surface area (Å²) in [4.78, 5) is 24.7. The Labute approximate surface area is 128 Å². The number of urea groups is 1. The van der Waals surface area contributed by atoms with Crippen molar-refractivity contribution in [1.82, 2.24) is 10.2 Å². The minimum absolute atomic E-state index is 0.0561. The van der Waals surface area contributed by atoms with Crippen LogP contribution in [0.5, 0.6) is 0 Å². The third kappa shape index (κ3) is 4.77. The number of nitrogens with zero attached hydrogens (tertiary/aromatic N) is 1. The van der Waals surface area contributed by atoms with Crippen molar-refractivity contribution in [3.63, 3.8) is 0 Å². The molecule has 0 radical (unpaired) electrons. The Morgan fingerprint density at radius 2 is 1.95 bits per heavy atom. The van der Waals surface area contributed by atoms with Crippen molar-refractivity contribution >= 4 is 33.6 Å². The molecule has 9 heteroatoms. The molecule has 7 nitrogen and oxygen atoms in total. The average molecular weight is 336 g/mol. The van der Waals surface area contributed by atoms with Gasteiger partial charge in [0.05, 0.1) is 24.0 Å². The molecule has 120 valence electrons. The Hall–Kier alpha value is -0.960. The van der Waals surface area contributed by atoms with Crippen molar-refractivity contribution < 1.29 is 23.1 Å². The molecule has 2 aliphatic rings. The van der Waals surface area contributed by atoms with E-state index in [2.05, 4.69) is 5.32 Å². The lowest BCUT2D eigenvalue weighted by molar-refractivity contribution is -0.138. The van der Waals surface area contributed by atoms with Gasteiger partial charge in [0.1, 0.15) is 9.84 Å². The van der Waals surface area contributed by atoms with E-state index in [9.17, 15) is 18.0 Å². The molecule has 2 amide bonds. The van der Waals surface area contributed by atoms with E-state index in [1.54, 1.807) is 16.7 Å². The molecular formula is C12H20N2O5S2. The van der Waals surface area contributed by atoms with Crippen LogP contribution in [0.2, 0.25) is 0 Å². The summed E-state index contributed by atoms with van der Waals surface area (Å²) in [6.07, 6.45) is 0.806. The molecule has 2 fully saturated rings. The van der Waals surface area contributed by atoms with Crippen molar-refractivity contribution in [3.8, 4) is 0 Å². The zero-order chi connectivity index (χ0) is 15.5. The van der Waals surface area contributed by atoms with E-state index >= 15 is 0 Å². The van der Waals surface area contributed by atoms with Crippen LogP contribution in [-0.2, 0) is 14.6 Å². The second-order valence-corrected chi connectivity index (χ2v) is 8.85. The lowest BCUT2D eigenvalue weighted by atomic mass is 10.1. The Morgan fingerprint density at radius 1 is 1.29 bits per heavy atom. The first kappa shape index (κ1) is 16.4. The second-order valence-electron chi connectivity index (χ2n) is 5.40. The molecular weight excluding hydrogens is 316 g/mol. The van der Waals surface area contributed by atoms with Gasteiger partial charge in [-0.25, -0.2) is 13.2 Å². The van der Waals surface area contributed by atoms with Crippen LogP contribution in [-0.4, -0.2) is 72.1 Å². The standard InChI is InChI=1S/C12H20N2O5S2/c15-11(16)7-10-8-20-4-3-14(10)12(17)13-9-1-5-21(18,19)6-2-9/h9-10H,1-8H2,(H,13,17)(H,15,16). The SMILES string of the molecule is O=C(O)CC1CSCCN1C(=O)NC1CCS(=O)(=O)CC1. The van der Waals surface area contributed by atoms with Gasteiger partial charge in [0, 0.05) is 24.1 Å². The maximum absolute atomic E-state index is 12.3. The summed E-state index contributed by atoms with van der Waals surface area (Å²) >= 11 is 1.65. The summed E-state index contributed by atoms with van der Waals surface area (Å²) in [6.45, 7) is 0.527. The van der Waals surface area contributed by atoms with Gasteiger partial charge in [-0.1, -0.05) is 0 Å². The number of carboxylic acids is 1. The van der Waals surface area contributed by atoms with Crippen molar-refractivity contribution in [2.75, 3.05) is 29.6 Å². The molecule has 0 aromatic heterocycles. The van der Waals surface area contributed by atoms with E-state index in [1.807, 2.05) is 0 Å². The molecule has 1 unspecified atom stereocenters. The molecule has 2 heterocycles. The fourth-order valence-corrected chi connectivity index (χ4v) is 5.14. The van der Waals surface area contributed by atoms with Crippen molar-refractivity contribution in [2.45, 2.75) is 31.3 Å². The van der Waals surface area contributed by atoms with E-state index in [1.165, 1.54) is 0 Å². The van der Waals surface area contributed by atoms with Gasteiger partial charge in [0.15, 0.2) is 0 Å². The molecule has 2 aliphatic heterocycles. The topological polar surface area (TPSA) is 104 Å². The number of carbonyl (C=O) groups is 2. The third-order valence-electron chi connectivity index (χ3n) is 3.78. The van der Waals surface area contributed by atoms with Crippen LogP contribution in [0.3, 0.4) is 0 Å². The summed E-state index contributed by atoms with van der Waals surface area (Å²) < 4.78 is 22.7. The van der Waals surface area contributed by atoms with Crippen molar-refractivity contribution in [2.24, 2.45) is 0 Å². The fourth-order valence-electron chi connectivity index (χ4n) is 2.58. The predicted octanol–water partition coefficient (Wildman–Crippen LogP) is 0.165. The van der Waals surface area contributed by atoms with Gasteiger partial charge < -0.3 is 15.3 Å². The lowest BCUT2D eigenvalue weighted by Gasteiger charge is -2.36. The smallest absolute Gasteiger partial charge is 0.317 e. The number of aliphatic carboxylic acids is 1. The number of rotatable bonds is 3. The van der Waals surface area contributed by atoms with E-state index in [4.69, 9.17) is 5.11 Å². The minimum atomic E-state index is -2.95. The predicted molar refractivity (Wildman–Crippen MR) is 80.3 cm³/mol. The normalized spacial score (nSPS) is 26.3. The maximum Gasteiger partial charge on any atom is 0.317 e. The van der Waals surface area contributed by atoms with E-state index in [-0.39, 0.29) is 36.0 Å². The van der Waals surface area contributed by atoms with Gasteiger partial charge in [-0.15, -0.1) is 0 Å². The molecule has 0 aliphatic carbocycles.